The molecule has 0 spiro atoms. The molecule has 0 amide bonds. The summed E-state index contributed by atoms with van der Waals surface area (Å²) in [5, 5.41) is 9.29. The van der Waals surface area contributed by atoms with Crippen LogP contribution in [-0.2, 0) is 4.74 Å². The Bertz CT molecular complexity index is 4100. The average Bonchev–Trinajstić information content (AvgIpc) is 3.90. The van der Waals surface area contributed by atoms with E-state index in [-0.39, 0.29) is 0 Å². The zero-order valence-electron chi connectivity index (χ0n) is 36.9. The summed E-state index contributed by atoms with van der Waals surface area (Å²) in [5.74, 6) is 2.65. The Morgan fingerprint density at radius 3 is 1.91 bits per heavy atom. The lowest BCUT2D eigenvalue weighted by molar-refractivity contribution is 0.403. The summed E-state index contributed by atoms with van der Waals surface area (Å²) in [4.78, 5) is 16.3. The molecule has 0 saturated carbocycles. The van der Waals surface area contributed by atoms with Crippen LogP contribution >= 0.6 is 0 Å². The van der Waals surface area contributed by atoms with E-state index in [1.165, 1.54) is 21.5 Å². The summed E-state index contributed by atoms with van der Waals surface area (Å²) in [7, 11) is 0. The van der Waals surface area contributed by atoms with Crippen molar-refractivity contribution >= 4 is 76.5 Å². The van der Waals surface area contributed by atoms with Crippen molar-refractivity contribution in [1.29, 1.82) is 0 Å². The van der Waals surface area contributed by atoms with Gasteiger partial charge in [-0.15, -0.1) is 0 Å². The van der Waals surface area contributed by atoms with Crippen LogP contribution in [0.3, 0.4) is 0 Å². The molecule has 6 nitrogen and oxygen atoms in total. The van der Waals surface area contributed by atoms with Crippen LogP contribution in [0.15, 0.2) is 237 Å². The Balaban J connectivity index is 1.13. The van der Waals surface area contributed by atoms with Crippen molar-refractivity contribution in [1.82, 2.24) is 24.1 Å². The first-order chi connectivity index (χ1) is 33.6. The summed E-state index contributed by atoms with van der Waals surface area (Å²) in [6, 6.07) is 70.1. The molecule has 1 aliphatic heterocycles. The number of rotatable bonds is 5. The third-order valence-electron chi connectivity index (χ3n) is 13.4. The molecule has 3 aromatic heterocycles. The minimum absolute atomic E-state index is 0.470. The van der Waals surface area contributed by atoms with Gasteiger partial charge >= 0.3 is 0 Å². The molecule has 1 unspecified atom stereocenters. The normalized spacial score (nSPS) is 15.5. The fraction of sp³-hybridized carbons (Fsp3) is 0.0161. The average molecular weight is 872 g/mol. The van der Waals surface area contributed by atoms with Crippen LogP contribution in [0.25, 0.3) is 105 Å². The highest BCUT2D eigenvalue weighted by Crippen LogP contribution is 2.46. The molecule has 0 N–H and O–H groups in total. The number of aromatic nitrogens is 5. The molecule has 0 bridgehead atoms. The third kappa shape index (κ3) is 6.38. The number of ether oxygens (including phenoxy) is 1. The number of benzene rings is 9. The highest BCUT2D eigenvalue weighted by atomic mass is 16.5. The zero-order chi connectivity index (χ0) is 45.3. The number of fused-ring (bicyclic) bond motifs is 10. The molecular formula is C62H41N5O. The van der Waals surface area contributed by atoms with Gasteiger partial charge in [0.05, 0.1) is 28.1 Å². The zero-order valence-corrected chi connectivity index (χ0v) is 36.9. The molecule has 68 heavy (non-hydrogen) atoms. The Hall–Kier alpha value is -9.13. The highest BCUT2D eigenvalue weighted by Gasteiger charge is 2.31. The highest BCUT2D eigenvalue weighted by molar-refractivity contribution is 6.23. The largest absolute Gasteiger partial charge is 0.458 e. The Morgan fingerprint density at radius 2 is 1.09 bits per heavy atom. The summed E-state index contributed by atoms with van der Waals surface area (Å²) in [6.45, 7) is 8.73. The molecule has 1 aliphatic rings. The van der Waals surface area contributed by atoms with Crippen molar-refractivity contribution < 1.29 is 4.74 Å². The van der Waals surface area contributed by atoms with Crippen molar-refractivity contribution in [3.8, 4) is 28.5 Å². The van der Waals surface area contributed by atoms with Crippen molar-refractivity contribution in [3.05, 3.63) is 254 Å². The maximum atomic E-state index is 6.34. The van der Waals surface area contributed by atoms with Crippen LogP contribution < -0.4 is 0 Å². The van der Waals surface area contributed by atoms with Gasteiger partial charge in [-0.05, 0) is 87.8 Å². The van der Waals surface area contributed by atoms with E-state index in [2.05, 4.69) is 204 Å². The molecular weight excluding hydrogens is 831 g/mol. The van der Waals surface area contributed by atoms with E-state index in [1.807, 2.05) is 36.4 Å². The van der Waals surface area contributed by atoms with Gasteiger partial charge < -0.3 is 13.9 Å². The van der Waals surface area contributed by atoms with Crippen LogP contribution in [-0.4, -0.2) is 24.1 Å². The van der Waals surface area contributed by atoms with Gasteiger partial charge in [0.25, 0.3) is 0 Å². The van der Waals surface area contributed by atoms with Gasteiger partial charge in [0.1, 0.15) is 11.5 Å². The van der Waals surface area contributed by atoms with E-state index < -0.39 is 6.04 Å². The van der Waals surface area contributed by atoms with Crippen molar-refractivity contribution in [3.63, 3.8) is 0 Å². The maximum Gasteiger partial charge on any atom is 0.164 e. The molecule has 9 aromatic carbocycles. The van der Waals surface area contributed by atoms with Crippen LogP contribution in [0, 0.1) is 0 Å². The second-order valence-electron chi connectivity index (χ2n) is 17.3. The molecule has 0 fully saturated rings. The second-order valence-corrected chi connectivity index (χ2v) is 17.3. The van der Waals surface area contributed by atoms with Crippen molar-refractivity contribution in [2.24, 2.45) is 0 Å². The Labute approximate surface area is 392 Å². The van der Waals surface area contributed by atoms with Gasteiger partial charge in [0.15, 0.2) is 17.5 Å². The van der Waals surface area contributed by atoms with Crippen LogP contribution in [0.4, 0.5) is 0 Å². The molecule has 13 rings (SSSR count). The molecule has 6 heteroatoms. The van der Waals surface area contributed by atoms with Gasteiger partial charge in [-0.25, -0.2) is 15.0 Å². The van der Waals surface area contributed by atoms with Gasteiger partial charge in [0, 0.05) is 49.5 Å². The van der Waals surface area contributed by atoms with Gasteiger partial charge in [-0.1, -0.05) is 171 Å². The molecule has 320 valence electrons. The first-order valence-electron chi connectivity index (χ1n) is 22.8. The number of para-hydroxylation sites is 2. The number of hydrogen-bond acceptors (Lipinski definition) is 4. The minimum Gasteiger partial charge on any atom is -0.458 e. The number of nitrogens with zero attached hydrogens (tertiary/aromatic N) is 5. The fourth-order valence-electron chi connectivity index (χ4n) is 10.3. The lowest BCUT2D eigenvalue weighted by Gasteiger charge is -2.28. The van der Waals surface area contributed by atoms with E-state index in [0.29, 0.717) is 29.0 Å². The predicted octanol–water partition coefficient (Wildman–Crippen LogP) is 15.5. The fourth-order valence-corrected chi connectivity index (χ4v) is 10.3. The third-order valence-corrected chi connectivity index (χ3v) is 13.4. The molecule has 4 heterocycles. The van der Waals surface area contributed by atoms with E-state index in [9.17, 15) is 0 Å². The smallest absolute Gasteiger partial charge is 0.164 e. The van der Waals surface area contributed by atoms with Gasteiger partial charge in [-0.2, -0.15) is 0 Å². The number of allylic oxidation sites excluding steroid dienone is 4. The van der Waals surface area contributed by atoms with Crippen molar-refractivity contribution in [2.45, 2.75) is 6.04 Å². The first kappa shape index (κ1) is 39.3. The lowest BCUT2D eigenvalue weighted by Crippen LogP contribution is -2.17. The van der Waals surface area contributed by atoms with Crippen LogP contribution in [0.2, 0.25) is 0 Å². The SMILES string of the molecule is C=C1/C=C\C=C(\c2nc(-c3ccccc3)nc(-c3ccc4c(c3)c3ccccc3n4-c3ccccc3)n2)C(n2c3cc4ccccc4cc3c3c4ccccc4ccc32)c2ccccc2C(=C)O1. The summed E-state index contributed by atoms with van der Waals surface area (Å²) >= 11 is 0. The van der Waals surface area contributed by atoms with E-state index >= 15 is 0 Å². The molecule has 0 radical (unpaired) electrons. The number of hydrogen-bond donors (Lipinski definition) is 0. The summed E-state index contributed by atoms with van der Waals surface area (Å²) in [6.07, 6.45) is 5.98. The first-order valence-corrected chi connectivity index (χ1v) is 22.8. The standard InChI is InChI=1S/C62H41N5O/c1-39-18-17-30-51(62-64-60(42-20-5-3-6-21-42)63-61(65-62)45-33-34-55-52(37-45)49-28-15-16-31-54(49)66(55)46-24-7-4-8-25-46)59(50-29-14-13-26-47(50)40(2)68-39)67-56-35-32-41-19-11-12-27-48(41)58(56)53-36-43-22-9-10-23-44(43)38-57(53)67/h3-38,59H,1-2H2/b18-17-,51-30+. The molecule has 12 aromatic rings. The predicted molar refractivity (Wildman–Crippen MR) is 280 cm³/mol. The Kier molecular flexibility index (Phi) is 9.12. The summed E-state index contributed by atoms with van der Waals surface area (Å²) < 4.78 is 11.1. The lowest BCUT2D eigenvalue weighted by atomic mass is 9.91. The summed E-state index contributed by atoms with van der Waals surface area (Å²) in [5.41, 5.74) is 9.95. The Morgan fingerprint density at radius 1 is 0.456 bits per heavy atom. The monoisotopic (exact) mass is 871 g/mol. The molecule has 1 atom stereocenters. The van der Waals surface area contributed by atoms with Crippen molar-refractivity contribution in [2.75, 3.05) is 0 Å². The quantitative estimate of drug-likeness (QED) is 0.173. The van der Waals surface area contributed by atoms with Crippen LogP contribution in [0.1, 0.15) is 23.0 Å². The minimum atomic E-state index is -0.491. The van der Waals surface area contributed by atoms with Gasteiger partial charge in [0.2, 0.25) is 0 Å². The van der Waals surface area contributed by atoms with E-state index in [0.717, 1.165) is 77.1 Å². The molecule has 0 saturated heterocycles. The van der Waals surface area contributed by atoms with Gasteiger partial charge in [-0.3, -0.25) is 0 Å². The topological polar surface area (TPSA) is 57.8 Å². The van der Waals surface area contributed by atoms with Crippen LogP contribution in [0.5, 0.6) is 0 Å². The maximum absolute atomic E-state index is 6.34. The second kappa shape index (κ2) is 15.8. The molecule has 0 aliphatic carbocycles. The van der Waals surface area contributed by atoms with E-state index in [1.54, 1.807) is 0 Å². The van der Waals surface area contributed by atoms with E-state index in [4.69, 9.17) is 19.7 Å².